The summed E-state index contributed by atoms with van der Waals surface area (Å²) in [5.41, 5.74) is 0.749. The minimum Gasteiger partial charge on any atom is -0.272 e. The monoisotopic (exact) mass is 298 g/mol. The highest BCUT2D eigenvalue weighted by Gasteiger charge is 2.18. The highest BCUT2D eigenvalue weighted by atomic mass is 16.2. The lowest BCUT2D eigenvalue weighted by Gasteiger charge is -2.18. The van der Waals surface area contributed by atoms with Crippen molar-refractivity contribution in [3.05, 3.63) is 48.3 Å². The predicted molar refractivity (Wildman–Crippen MR) is 84.4 cm³/mol. The predicted octanol–water partition coefficient (Wildman–Crippen LogP) is 2.82. The lowest BCUT2D eigenvalue weighted by Crippen LogP contribution is -2.33. The standard InChI is InChI=1S/C17H22N4O/c1-14(21-13-7-11-18-21)17(22)20-12-6-5-10-16(20)19-15-8-3-2-4-9-15/h5-7,10-15H,2-4,8-9H2,1H3. The Kier molecular flexibility index (Phi) is 4.51. The normalized spacial score (nSPS) is 18.3. The molecule has 2 aromatic heterocycles. The SMILES string of the molecule is CC(C(=O)n1ccccc1=NC1CCCCC1)n1cccn1. The molecule has 0 aliphatic heterocycles. The second kappa shape index (κ2) is 6.73. The molecule has 1 unspecified atom stereocenters. The summed E-state index contributed by atoms with van der Waals surface area (Å²) in [7, 11) is 0. The van der Waals surface area contributed by atoms with E-state index in [1.807, 2.05) is 37.4 Å². The van der Waals surface area contributed by atoms with Gasteiger partial charge in [0.1, 0.15) is 11.5 Å². The number of pyridine rings is 1. The van der Waals surface area contributed by atoms with E-state index in [1.54, 1.807) is 21.6 Å². The molecule has 1 fully saturated rings. The molecule has 0 radical (unpaired) electrons. The van der Waals surface area contributed by atoms with Crippen molar-refractivity contribution < 1.29 is 4.79 Å². The van der Waals surface area contributed by atoms with Gasteiger partial charge in [-0.1, -0.05) is 25.3 Å². The smallest absolute Gasteiger partial charge is 0.256 e. The van der Waals surface area contributed by atoms with Gasteiger partial charge in [0.15, 0.2) is 0 Å². The molecule has 0 N–H and O–H groups in total. The van der Waals surface area contributed by atoms with Crippen LogP contribution in [0.15, 0.2) is 47.8 Å². The van der Waals surface area contributed by atoms with Crippen LogP contribution in [0, 0.1) is 0 Å². The summed E-state index contributed by atoms with van der Waals surface area (Å²) < 4.78 is 3.33. The van der Waals surface area contributed by atoms with Crippen LogP contribution in [0.3, 0.4) is 0 Å². The van der Waals surface area contributed by atoms with E-state index >= 15 is 0 Å². The number of nitrogens with zero attached hydrogens (tertiary/aromatic N) is 4. The molecule has 0 spiro atoms. The molecule has 5 nitrogen and oxygen atoms in total. The van der Waals surface area contributed by atoms with Crippen LogP contribution in [0.1, 0.15) is 49.9 Å². The van der Waals surface area contributed by atoms with Crippen molar-refractivity contribution in [2.45, 2.75) is 51.1 Å². The third-order valence-electron chi connectivity index (χ3n) is 4.24. The first-order valence-corrected chi connectivity index (χ1v) is 8.00. The molecule has 1 aliphatic carbocycles. The second-order valence-corrected chi connectivity index (χ2v) is 5.85. The summed E-state index contributed by atoms with van der Waals surface area (Å²) in [5, 5.41) is 4.16. The van der Waals surface area contributed by atoms with Crippen molar-refractivity contribution in [2.24, 2.45) is 4.99 Å². The molecule has 2 aromatic rings. The van der Waals surface area contributed by atoms with Crippen LogP contribution in [-0.2, 0) is 0 Å². The van der Waals surface area contributed by atoms with Crippen LogP contribution < -0.4 is 5.49 Å². The van der Waals surface area contributed by atoms with Crippen LogP contribution in [0.5, 0.6) is 0 Å². The zero-order valence-electron chi connectivity index (χ0n) is 12.9. The molecular weight excluding hydrogens is 276 g/mol. The largest absolute Gasteiger partial charge is 0.272 e. The Hall–Kier alpha value is -2.17. The van der Waals surface area contributed by atoms with Gasteiger partial charge in [0, 0.05) is 18.6 Å². The van der Waals surface area contributed by atoms with Crippen molar-refractivity contribution >= 4 is 5.91 Å². The highest BCUT2D eigenvalue weighted by Crippen LogP contribution is 2.19. The zero-order valence-corrected chi connectivity index (χ0v) is 12.9. The average molecular weight is 298 g/mol. The third kappa shape index (κ3) is 3.18. The first kappa shape index (κ1) is 14.8. The molecule has 22 heavy (non-hydrogen) atoms. The molecule has 0 amide bonds. The average Bonchev–Trinajstić information content (AvgIpc) is 3.09. The molecule has 1 atom stereocenters. The minimum absolute atomic E-state index is 0.0149. The van der Waals surface area contributed by atoms with Crippen molar-refractivity contribution in [3.63, 3.8) is 0 Å². The maximum Gasteiger partial charge on any atom is 0.256 e. The molecule has 5 heteroatoms. The summed E-state index contributed by atoms with van der Waals surface area (Å²) >= 11 is 0. The highest BCUT2D eigenvalue weighted by molar-refractivity contribution is 5.82. The summed E-state index contributed by atoms with van der Waals surface area (Å²) in [6.07, 6.45) is 11.3. The van der Waals surface area contributed by atoms with E-state index in [9.17, 15) is 4.79 Å². The van der Waals surface area contributed by atoms with Gasteiger partial charge in [-0.05, 0) is 38.0 Å². The van der Waals surface area contributed by atoms with Crippen LogP contribution in [0.4, 0.5) is 0 Å². The van der Waals surface area contributed by atoms with Crippen molar-refractivity contribution in [1.82, 2.24) is 14.3 Å². The van der Waals surface area contributed by atoms with E-state index in [0.29, 0.717) is 6.04 Å². The Morgan fingerprint density at radius 1 is 1.23 bits per heavy atom. The van der Waals surface area contributed by atoms with E-state index in [1.165, 1.54) is 19.3 Å². The number of rotatable bonds is 3. The van der Waals surface area contributed by atoms with Gasteiger partial charge in [-0.2, -0.15) is 5.10 Å². The van der Waals surface area contributed by atoms with Gasteiger partial charge in [-0.25, -0.2) is 0 Å². The molecule has 1 saturated carbocycles. The molecule has 3 rings (SSSR count). The minimum atomic E-state index is -0.345. The maximum absolute atomic E-state index is 12.7. The van der Waals surface area contributed by atoms with E-state index in [-0.39, 0.29) is 11.9 Å². The van der Waals surface area contributed by atoms with Crippen LogP contribution in [0.2, 0.25) is 0 Å². The Morgan fingerprint density at radius 3 is 2.77 bits per heavy atom. The molecule has 116 valence electrons. The Morgan fingerprint density at radius 2 is 2.05 bits per heavy atom. The van der Waals surface area contributed by atoms with E-state index < -0.39 is 0 Å². The molecular formula is C17H22N4O. The zero-order chi connectivity index (χ0) is 15.4. The summed E-state index contributed by atoms with van der Waals surface area (Å²) in [4.78, 5) is 17.6. The van der Waals surface area contributed by atoms with Gasteiger partial charge in [0.2, 0.25) is 0 Å². The van der Waals surface area contributed by atoms with Crippen LogP contribution in [0.25, 0.3) is 0 Å². The van der Waals surface area contributed by atoms with E-state index in [0.717, 1.165) is 18.3 Å². The molecule has 0 aromatic carbocycles. The Balaban J connectivity index is 1.90. The van der Waals surface area contributed by atoms with Gasteiger partial charge in [0.05, 0.1) is 6.04 Å². The van der Waals surface area contributed by atoms with Gasteiger partial charge >= 0.3 is 0 Å². The van der Waals surface area contributed by atoms with E-state index in [4.69, 9.17) is 4.99 Å². The molecule has 2 heterocycles. The number of hydrogen-bond acceptors (Lipinski definition) is 3. The van der Waals surface area contributed by atoms with E-state index in [2.05, 4.69) is 5.10 Å². The number of aromatic nitrogens is 3. The van der Waals surface area contributed by atoms with Gasteiger partial charge in [-0.3, -0.25) is 19.0 Å². The quantitative estimate of drug-likeness (QED) is 0.875. The van der Waals surface area contributed by atoms with Crippen molar-refractivity contribution in [2.75, 3.05) is 0 Å². The van der Waals surface area contributed by atoms with Gasteiger partial charge in [-0.15, -0.1) is 0 Å². The van der Waals surface area contributed by atoms with Gasteiger partial charge < -0.3 is 0 Å². The van der Waals surface area contributed by atoms with Crippen molar-refractivity contribution in [1.29, 1.82) is 0 Å². The Labute approximate surface area is 130 Å². The van der Waals surface area contributed by atoms with Crippen LogP contribution >= 0.6 is 0 Å². The molecule has 1 aliphatic rings. The van der Waals surface area contributed by atoms with Gasteiger partial charge in [0.25, 0.3) is 5.91 Å². The lowest BCUT2D eigenvalue weighted by atomic mass is 9.96. The fraction of sp³-hybridized carbons (Fsp3) is 0.471. The third-order valence-corrected chi connectivity index (χ3v) is 4.24. The fourth-order valence-electron chi connectivity index (χ4n) is 2.95. The number of hydrogen-bond donors (Lipinski definition) is 0. The van der Waals surface area contributed by atoms with Crippen LogP contribution in [-0.4, -0.2) is 26.3 Å². The summed E-state index contributed by atoms with van der Waals surface area (Å²) in [6, 6.07) is 7.55. The number of carbonyl (C=O) groups is 1. The summed E-state index contributed by atoms with van der Waals surface area (Å²) in [6.45, 7) is 1.86. The van der Waals surface area contributed by atoms with Crippen molar-refractivity contribution in [3.8, 4) is 0 Å². The lowest BCUT2D eigenvalue weighted by molar-refractivity contribution is 0.0837. The Bertz CT molecular complexity index is 681. The molecule has 0 bridgehead atoms. The fourth-order valence-corrected chi connectivity index (χ4v) is 2.95. The summed E-state index contributed by atoms with van der Waals surface area (Å²) in [5.74, 6) is -0.0149. The maximum atomic E-state index is 12.7. The first-order valence-electron chi connectivity index (χ1n) is 8.00. The first-order chi connectivity index (χ1) is 10.8. The second-order valence-electron chi connectivity index (χ2n) is 5.85. The molecule has 0 saturated heterocycles. The topological polar surface area (TPSA) is 52.2 Å². The number of carbonyl (C=O) groups excluding carboxylic acids is 1.